The van der Waals surface area contributed by atoms with Gasteiger partial charge in [-0.05, 0) is 49.2 Å². The third kappa shape index (κ3) is 4.88. The maximum absolute atomic E-state index is 12.2. The lowest BCUT2D eigenvalue weighted by Gasteiger charge is -2.11. The van der Waals surface area contributed by atoms with Crippen molar-refractivity contribution in [3.05, 3.63) is 54.4 Å². The standard InChI is InChI=1S/C21H24N4O3/c1-3-11-28-19-10-9-16(12-20(19)27-4-2)13-23-24-21(26)14-25-15-22-17-7-5-6-8-18(17)25/h5-10,12-13,15H,3-4,11,14H2,1-2H3,(H,24,26)/b23-13-. The Kier molecular flexibility index (Phi) is 6.62. The number of benzene rings is 2. The molecule has 0 unspecified atom stereocenters. The van der Waals surface area contributed by atoms with Gasteiger partial charge in [-0.15, -0.1) is 0 Å². The van der Waals surface area contributed by atoms with Crippen molar-refractivity contribution in [1.29, 1.82) is 0 Å². The lowest BCUT2D eigenvalue weighted by Crippen LogP contribution is -2.22. The van der Waals surface area contributed by atoms with E-state index >= 15 is 0 Å². The number of ether oxygens (including phenoxy) is 2. The zero-order chi connectivity index (χ0) is 19.8. The Morgan fingerprint density at radius 2 is 2.04 bits per heavy atom. The minimum atomic E-state index is -0.229. The van der Waals surface area contributed by atoms with Crippen molar-refractivity contribution in [3.63, 3.8) is 0 Å². The van der Waals surface area contributed by atoms with Crippen molar-refractivity contribution < 1.29 is 14.3 Å². The highest BCUT2D eigenvalue weighted by Crippen LogP contribution is 2.28. The molecule has 1 N–H and O–H groups in total. The Morgan fingerprint density at radius 3 is 2.86 bits per heavy atom. The molecule has 0 fully saturated rings. The molecule has 0 aliphatic rings. The number of carbonyl (C=O) groups excluding carboxylic acids is 1. The molecule has 0 radical (unpaired) electrons. The number of imidazole rings is 1. The van der Waals surface area contributed by atoms with E-state index in [4.69, 9.17) is 9.47 Å². The SMILES string of the molecule is CCCOc1ccc(/C=N\NC(=O)Cn2cnc3ccccc32)cc1OCC. The number of fused-ring (bicyclic) bond motifs is 1. The maximum atomic E-state index is 12.2. The Labute approximate surface area is 164 Å². The van der Waals surface area contributed by atoms with E-state index < -0.39 is 0 Å². The third-order valence-corrected chi connectivity index (χ3v) is 3.97. The van der Waals surface area contributed by atoms with E-state index in [0.29, 0.717) is 24.7 Å². The van der Waals surface area contributed by atoms with Gasteiger partial charge in [0.1, 0.15) is 6.54 Å². The van der Waals surface area contributed by atoms with E-state index in [-0.39, 0.29) is 12.5 Å². The van der Waals surface area contributed by atoms with Crippen molar-refractivity contribution in [2.24, 2.45) is 5.10 Å². The van der Waals surface area contributed by atoms with Crippen molar-refractivity contribution in [3.8, 4) is 11.5 Å². The smallest absolute Gasteiger partial charge is 0.260 e. The van der Waals surface area contributed by atoms with Crippen LogP contribution in [0.15, 0.2) is 53.9 Å². The predicted molar refractivity (Wildman–Crippen MR) is 109 cm³/mol. The van der Waals surface area contributed by atoms with Gasteiger partial charge < -0.3 is 14.0 Å². The molecule has 0 atom stereocenters. The second-order valence-electron chi connectivity index (χ2n) is 6.14. The number of nitrogens with zero attached hydrogens (tertiary/aromatic N) is 3. The van der Waals surface area contributed by atoms with Crippen molar-refractivity contribution >= 4 is 23.2 Å². The minimum absolute atomic E-state index is 0.145. The summed E-state index contributed by atoms with van der Waals surface area (Å²) >= 11 is 0. The van der Waals surface area contributed by atoms with E-state index in [2.05, 4.69) is 22.4 Å². The van der Waals surface area contributed by atoms with Gasteiger partial charge in [0.15, 0.2) is 11.5 Å². The van der Waals surface area contributed by atoms with E-state index in [1.807, 2.05) is 49.4 Å². The van der Waals surface area contributed by atoms with Gasteiger partial charge in [-0.2, -0.15) is 5.10 Å². The molecular weight excluding hydrogens is 356 g/mol. The minimum Gasteiger partial charge on any atom is -0.490 e. The highest BCUT2D eigenvalue weighted by Gasteiger charge is 2.07. The zero-order valence-electron chi connectivity index (χ0n) is 16.1. The quantitative estimate of drug-likeness (QED) is 0.456. The van der Waals surface area contributed by atoms with Gasteiger partial charge in [0.25, 0.3) is 5.91 Å². The number of hydrogen-bond donors (Lipinski definition) is 1. The molecule has 1 aromatic heterocycles. The normalized spacial score (nSPS) is 11.1. The molecule has 3 aromatic rings. The molecule has 0 aliphatic heterocycles. The monoisotopic (exact) mass is 380 g/mol. The highest BCUT2D eigenvalue weighted by molar-refractivity contribution is 5.84. The van der Waals surface area contributed by atoms with Crippen molar-refractivity contribution in [2.45, 2.75) is 26.8 Å². The Bertz CT molecular complexity index is 965. The summed E-state index contributed by atoms with van der Waals surface area (Å²) in [5.74, 6) is 1.14. The van der Waals surface area contributed by atoms with Gasteiger partial charge >= 0.3 is 0 Å². The van der Waals surface area contributed by atoms with Crippen LogP contribution < -0.4 is 14.9 Å². The molecule has 7 heteroatoms. The van der Waals surface area contributed by atoms with Crippen LogP contribution in [-0.4, -0.2) is 34.9 Å². The fraction of sp³-hybridized carbons (Fsp3) is 0.286. The average Bonchev–Trinajstić information content (AvgIpc) is 3.10. The molecule has 7 nitrogen and oxygen atoms in total. The van der Waals surface area contributed by atoms with E-state index in [1.54, 1.807) is 17.1 Å². The molecule has 0 bridgehead atoms. The first kappa shape index (κ1) is 19.4. The number of aromatic nitrogens is 2. The summed E-state index contributed by atoms with van der Waals surface area (Å²) in [5.41, 5.74) is 5.11. The molecule has 1 amide bonds. The van der Waals surface area contributed by atoms with E-state index in [9.17, 15) is 4.79 Å². The highest BCUT2D eigenvalue weighted by atomic mass is 16.5. The first-order chi connectivity index (χ1) is 13.7. The first-order valence-electron chi connectivity index (χ1n) is 9.32. The molecule has 1 heterocycles. The lowest BCUT2D eigenvalue weighted by molar-refractivity contribution is -0.121. The number of nitrogens with one attached hydrogen (secondary N) is 1. The Balaban J connectivity index is 1.61. The van der Waals surface area contributed by atoms with Gasteiger partial charge in [-0.1, -0.05) is 19.1 Å². The summed E-state index contributed by atoms with van der Waals surface area (Å²) in [7, 11) is 0. The summed E-state index contributed by atoms with van der Waals surface area (Å²) in [6, 6.07) is 13.2. The van der Waals surface area contributed by atoms with E-state index in [1.165, 1.54) is 0 Å². The largest absolute Gasteiger partial charge is 0.490 e. The van der Waals surface area contributed by atoms with Gasteiger partial charge in [0, 0.05) is 0 Å². The van der Waals surface area contributed by atoms with Gasteiger partial charge in [0.2, 0.25) is 0 Å². The van der Waals surface area contributed by atoms with Crippen LogP contribution in [0.2, 0.25) is 0 Å². The summed E-state index contributed by atoms with van der Waals surface area (Å²) < 4.78 is 13.1. The van der Waals surface area contributed by atoms with Crippen LogP contribution in [0, 0.1) is 0 Å². The molecule has 3 rings (SSSR count). The fourth-order valence-corrected chi connectivity index (χ4v) is 2.71. The zero-order valence-corrected chi connectivity index (χ0v) is 16.1. The van der Waals surface area contributed by atoms with Gasteiger partial charge in [-0.3, -0.25) is 4.79 Å². The van der Waals surface area contributed by atoms with Gasteiger partial charge in [0.05, 0.1) is 36.8 Å². The third-order valence-electron chi connectivity index (χ3n) is 3.97. The summed E-state index contributed by atoms with van der Waals surface area (Å²) in [6.07, 6.45) is 4.15. The number of para-hydroxylation sites is 2. The predicted octanol–water partition coefficient (Wildman–Crippen LogP) is 3.37. The topological polar surface area (TPSA) is 77.7 Å². The molecule has 0 saturated carbocycles. The molecule has 2 aromatic carbocycles. The number of hydrazone groups is 1. The maximum Gasteiger partial charge on any atom is 0.260 e. The number of amides is 1. The second kappa shape index (κ2) is 9.55. The lowest BCUT2D eigenvalue weighted by atomic mass is 10.2. The Hall–Kier alpha value is -3.35. The van der Waals surface area contributed by atoms with E-state index in [0.717, 1.165) is 23.0 Å². The van der Waals surface area contributed by atoms with Crippen LogP contribution in [0.25, 0.3) is 11.0 Å². The molecule has 0 spiro atoms. The van der Waals surface area contributed by atoms with Crippen LogP contribution in [-0.2, 0) is 11.3 Å². The van der Waals surface area contributed by atoms with Crippen LogP contribution in [0.1, 0.15) is 25.8 Å². The Morgan fingerprint density at radius 1 is 1.18 bits per heavy atom. The summed E-state index contributed by atoms with van der Waals surface area (Å²) in [4.78, 5) is 16.4. The molecule has 0 saturated heterocycles. The van der Waals surface area contributed by atoms with Crippen LogP contribution in [0.3, 0.4) is 0 Å². The second-order valence-corrected chi connectivity index (χ2v) is 6.14. The summed E-state index contributed by atoms with van der Waals surface area (Å²) in [5, 5.41) is 4.04. The molecular formula is C21H24N4O3. The molecule has 28 heavy (non-hydrogen) atoms. The average molecular weight is 380 g/mol. The number of carbonyl (C=O) groups is 1. The van der Waals surface area contributed by atoms with Crippen LogP contribution >= 0.6 is 0 Å². The first-order valence-corrected chi connectivity index (χ1v) is 9.32. The molecule has 146 valence electrons. The number of hydrogen-bond acceptors (Lipinski definition) is 5. The van der Waals surface area contributed by atoms with Crippen LogP contribution in [0.4, 0.5) is 0 Å². The van der Waals surface area contributed by atoms with Crippen LogP contribution in [0.5, 0.6) is 11.5 Å². The van der Waals surface area contributed by atoms with Crippen molar-refractivity contribution in [2.75, 3.05) is 13.2 Å². The fourth-order valence-electron chi connectivity index (χ4n) is 2.71. The molecule has 0 aliphatic carbocycles. The van der Waals surface area contributed by atoms with Gasteiger partial charge in [-0.25, -0.2) is 10.4 Å². The van der Waals surface area contributed by atoms with Crippen molar-refractivity contribution in [1.82, 2.24) is 15.0 Å². The number of rotatable bonds is 9. The summed E-state index contributed by atoms with van der Waals surface area (Å²) in [6.45, 7) is 5.29.